The van der Waals surface area contributed by atoms with Crippen molar-refractivity contribution >= 4 is 0 Å². The minimum absolute atomic E-state index is 0.463. The third kappa shape index (κ3) is 2.27. The lowest BCUT2D eigenvalue weighted by molar-refractivity contribution is 0.0574. The fourth-order valence-electron chi connectivity index (χ4n) is 3.04. The summed E-state index contributed by atoms with van der Waals surface area (Å²) in [7, 11) is 6.69. The van der Waals surface area contributed by atoms with Gasteiger partial charge in [-0.15, -0.1) is 0 Å². The van der Waals surface area contributed by atoms with Crippen molar-refractivity contribution in [2.75, 3.05) is 34.2 Å². The van der Waals surface area contributed by atoms with E-state index >= 15 is 0 Å². The van der Waals surface area contributed by atoms with Gasteiger partial charge in [0.1, 0.15) is 0 Å². The molecule has 1 aliphatic carbocycles. The topological polar surface area (TPSA) is 18.5 Å². The first kappa shape index (κ1) is 12.3. The fourth-order valence-corrected chi connectivity index (χ4v) is 3.04. The van der Waals surface area contributed by atoms with Crippen LogP contribution in [-0.2, 0) is 0 Å². The number of nitrogens with zero attached hydrogens (tertiary/aromatic N) is 2. The molecule has 0 spiro atoms. The number of nitrogens with one attached hydrogen (secondary N) is 1. The Balaban J connectivity index is 1.79. The lowest BCUT2D eigenvalue weighted by Gasteiger charge is -2.48. The highest BCUT2D eigenvalue weighted by atomic mass is 15.2. The van der Waals surface area contributed by atoms with Gasteiger partial charge in [-0.25, -0.2) is 0 Å². The zero-order chi connectivity index (χ0) is 11.8. The Morgan fingerprint density at radius 1 is 1.38 bits per heavy atom. The Morgan fingerprint density at radius 3 is 2.44 bits per heavy atom. The van der Waals surface area contributed by atoms with E-state index in [4.69, 9.17) is 0 Å². The van der Waals surface area contributed by atoms with E-state index in [1.54, 1.807) is 0 Å². The number of hydrogen-bond acceptors (Lipinski definition) is 3. The summed E-state index contributed by atoms with van der Waals surface area (Å²) in [5.41, 5.74) is 0.463. The molecule has 1 saturated heterocycles. The van der Waals surface area contributed by atoms with Crippen LogP contribution in [0.5, 0.6) is 0 Å². The quantitative estimate of drug-likeness (QED) is 0.774. The lowest BCUT2D eigenvalue weighted by atomic mass is 9.75. The summed E-state index contributed by atoms with van der Waals surface area (Å²) in [5.74, 6) is 0. The fraction of sp³-hybridized carbons (Fsp3) is 1.00. The maximum absolute atomic E-state index is 3.78. The van der Waals surface area contributed by atoms with Crippen molar-refractivity contribution in [3.8, 4) is 0 Å². The van der Waals surface area contributed by atoms with E-state index in [1.165, 1.54) is 38.8 Å². The van der Waals surface area contributed by atoms with Crippen LogP contribution in [0.15, 0.2) is 0 Å². The molecular weight excluding hydrogens is 198 g/mol. The maximum atomic E-state index is 3.78. The molecule has 2 fully saturated rings. The van der Waals surface area contributed by atoms with Crippen LogP contribution < -0.4 is 5.32 Å². The van der Waals surface area contributed by atoms with E-state index in [1.807, 2.05) is 0 Å². The molecule has 0 amide bonds. The van der Waals surface area contributed by atoms with Crippen molar-refractivity contribution in [1.29, 1.82) is 0 Å². The van der Waals surface area contributed by atoms with Crippen LogP contribution >= 0.6 is 0 Å². The van der Waals surface area contributed by atoms with Gasteiger partial charge in [-0.1, -0.05) is 0 Å². The first-order valence-electron chi connectivity index (χ1n) is 6.64. The van der Waals surface area contributed by atoms with Crippen molar-refractivity contribution in [3.63, 3.8) is 0 Å². The van der Waals surface area contributed by atoms with Crippen molar-refractivity contribution in [3.05, 3.63) is 0 Å². The maximum Gasteiger partial charge on any atom is 0.0328 e. The summed E-state index contributed by atoms with van der Waals surface area (Å²) >= 11 is 0. The highest BCUT2D eigenvalue weighted by Crippen LogP contribution is 2.35. The number of likely N-dealkylation sites (N-methyl/N-ethyl adjacent to an activating group) is 2. The van der Waals surface area contributed by atoms with Gasteiger partial charge < -0.3 is 15.1 Å². The van der Waals surface area contributed by atoms with Gasteiger partial charge in [0.15, 0.2) is 0 Å². The van der Waals surface area contributed by atoms with Gasteiger partial charge >= 0.3 is 0 Å². The largest absolute Gasteiger partial charge is 0.311 e. The zero-order valence-electron chi connectivity index (χ0n) is 11.3. The average Bonchev–Trinajstić information content (AvgIpc) is 2.44. The molecule has 0 aromatic carbocycles. The second-order valence-corrected chi connectivity index (χ2v) is 6.07. The summed E-state index contributed by atoms with van der Waals surface area (Å²) in [6.45, 7) is 4.71. The molecule has 3 heteroatoms. The van der Waals surface area contributed by atoms with E-state index in [2.05, 4.69) is 43.2 Å². The minimum atomic E-state index is 0.463. The van der Waals surface area contributed by atoms with Gasteiger partial charge in [-0.2, -0.15) is 0 Å². The Bertz CT molecular complexity index is 225. The monoisotopic (exact) mass is 225 g/mol. The third-order valence-corrected chi connectivity index (χ3v) is 4.84. The van der Waals surface area contributed by atoms with Crippen LogP contribution in [0.25, 0.3) is 0 Å². The van der Waals surface area contributed by atoms with Crippen molar-refractivity contribution in [2.45, 2.75) is 50.2 Å². The lowest BCUT2D eigenvalue weighted by Crippen LogP contribution is -2.57. The standard InChI is InChI=1S/C13H27N3/c1-11-8-12(9-16(11)4)14-10-13(15(2)3)6-5-7-13/h11-12,14H,5-10H2,1-4H3. The van der Waals surface area contributed by atoms with Crippen molar-refractivity contribution in [2.24, 2.45) is 0 Å². The molecule has 0 bridgehead atoms. The second-order valence-electron chi connectivity index (χ2n) is 6.07. The van der Waals surface area contributed by atoms with E-state index in [0.29, 0.717) is 11.6 Å². The predicted octanol–water partition coefficient (Wildman–Crippen LogP) is 1.15. The van der Waals surface area contributed by atoms with Crippen LogP contribution in [0.4, 0.5) is 0 Å². The van der Waals surface area contributed by atoms with E-state index < -0.39 is 0 Å². The molecule has 2 rings (SSSR count). The predicted molar refractivity (Wildman–Crippen MR) is 68.8 cm³/mol. The van der Waals surface area contributed by atoms with Crippen LogP contribution in [0.1, 0.15) is 32.6 Å². The molecule has 2 atom stereocenters. The molecule has 1 heterocycles. The number of hydrogen-bond donors (Lipinski definition) is 1. The molecule has 2 unspecified atom stereocenters. The summed E-state index contributed by atoms with van der Waals surface area (Å²) in [6, 6.07) is 1.45. The first-order valence-corrected chi connectivity index (χ1v) is 6.64. The molecule has 2 aliphatic rings. The van der Waals surface area contributed by atoms with Crippen LogP contribution in [0.2, 0.25) is 0 Å². The number of likely N-dealkylation sites (tertiary alicyclic amines) is 1. The highest BCUT2D eigenvalue weighted by Gasteiger charge is 2.39. The van der Waals surface area contributed by atoms with E-state index in [0.717, 1.165) is 6.04 Å². The Morgan fingerprint density at radius 2 is 2.06 bits per heavy atom. The van der Waals surface area contributed by atoms with Crippen LogP contribution in [0.3, 0.4) is 0 Å². The summed E-state index contributed by atoms with van der Waals surface area (Å²) in [5, 5.41) is 3.78. The summed E-state index contributed by atoms with van der Waals surface area (Å²) in [4.78, 5) is 4.88. The highest BCUT2D eigenvalue weighted by molar-refractivity contribution is 4.99. The van der Waals surface area contributed by atoms with Gasteiger partial charge in [0.05, 0.1) is 0 Å². The van der Waals surface area contributed by atoms with Crippen LogP contribution in [0, 0.1) is 0 Å². The zero-order valence-corrected chi connectivity index (χ0v) is 11.3. The Hall–Kier alpha value is -0.120. The van der Waals surface area contributed by atoms with Gasteiger partial charge in [-0.05, 0) is 53.8 Å². The molecule has 1 aliphatic heterocycles. The third-order valence-electron chi connectivity index (χ3n) is 4.84. The van der Waals surface area contributed by atoms with Crippen LogP contribution in [-0.4, -0.2) is 61.7 Å². The summed E-state index contributed by atoms with van der Waals surface area (Å²) in [6.07, 6.45) is 5.44. The molecular formula is C13H27N3. The van der Waals surface area contributed by atoms with E-state index in [9.17, 15) is 0 Å². The molecule has 0 aromatic heterocycles. The average molecular weight is 225 g/mol. The molecule has 0 radical (unpaired) electrons. The smallest absolute Gasteiger partial charge is 0.0328 e. The molecule has 94 valence electrons. The van der Waals surface area contributed by atoms with Gasteiger partial charge in [-0.3, -0.25) is 0 Å². The normalized spacial score (nSPS) is 34.3. The molecule has 16 heavy (non-hydrogen) atoms. The number of rotatable bonds is 4. The summed E-state index contributed by atoms with van der Waals surface area (Å²) < 4.78 is 0. The first-order chi connectivity index (χ1) is 7.53. The minimum Gasteiger partial charge on any atom is -0.311 e. The molecule has 1 N–H and O–H groups in total. The van der Waals surface area contributed by atoms with Crippen molar-refractivity contribution in [1.82, 2.24) is 15.1 Å². The van der Waals surface area contributed by atoms with E-state index in [-0.39, 0.29) is 0 Å². The molecule has 3 nitrogen and oxygen atoms in total. The SMILES string of the molecule is CC1CC(NCC2(N(C)C)CCC2)CN1C. The second kappa shape index (κ2) is 4.63. The van der Waals surface area contributed by atoms with Gasteiger partial charge in [0, 0.05) is 30.7 Å². The Kier molecular flexibility index (Phi) is 3.57. The molecule has 0 aromatic rings. The van der Waals surface area contributed by atoms with Gasteiger partial charge in [0.25, 0.3) is 0 Å². The Labute approximate surface area is 100 Å². The van der Waals surface area contributed by atoms with Gasteiger partial charge in [0.2, 0.25) is 0 Å². The van der Waals surface area contributed by atoms with Crippen molar-refractivity contribution < 1.29 is 0 Å². The molecule has 1 saturated carbocycles.